The lowest BCUT2D eigenvalue weighted by atomic mass is 9.74. The molecule has 1 unspecified atom stereocenters. The first kappa shape index (κ1) is 28.0. The van der Waals surface area contributed by atoms with Gasteiger partial charge in [-0.15, -0.1) is 0 Å². The zero-order valence-electron chi connectivity index (χ0n) is 21.3. The molecule has 4 atom stereocenters. The standard InChI is InChI=1S/C29H34Cl2N2O3/c1-5-24(10-7-15-32)33-27(19-11-13-22(30)14-12-19)25(20-8-6-9-23(31)16-20)17-21(28(33)35)18-26(34)36-29(2,3)4/h6,8-9,11-14,16,21,24-25,27H,5,7,10,17-18H2,1-4H3/t21-,24?,25-,27-/m1/s1. The van der Waals surface area contributed by atoms with Crippen LogP contribution in [0.15, 0.2) is 48.5 Å². The number of ether oxygens (including phenoxy) is 1. The van der Waals surface area contributed by atoms with Crippen molar-refractivity contribution >= 4 is 35.1 Å². The van der Waals surface area contributed by atoms with E-state index in [4.69, 9.17) is 27.9 Å². The van der Waals surface area contributed by atoms with Crippen LogP contribution in [-0.2, 0) is 14.3 Å². The Labute approximate surface area is 224 Å². The number of halogens is 2. The highest BCUT2D eigenvalue weighted by atomic mass is 35.5. The molecule has 7 heteroatoms. The maximum atomic E-state index is 14.1. The van der Waals surface area contributed by atoms with Crippen LogP contribution >= 0.6 is 23.2 Å². The van der Waals surface area contributed by atoms with Crippen LogP contribution in [0.3, 0.4) is 0 Å². The van der Waals surface area contributed by atoms with Crippen LogP contribution in [0.25, 0.3) is 0 Å². The van der Waals surface area contributed by atoms with Gasteiger partial charge in [0.05, 0.1) is 18.5 Å². The third kappa shape index (κ3) is 7.02. The number of nitriles is 1. The summed E-state index contributed by atoms with van der Waals surface area (Å²) in [5.74, 6) is -1.11. The molecule has 0 N–H and O–H groups in total. The number of likely N-dealkylation sites (tertiary alicyclic amines) is 1. The molecule has 36 heavy (non-hydrogen) atoms. The summed E-state index contributed by atoms with van der Waals surface area (Å²) >= 11 is 12.6. The van der Waals surface area contributed by atoms with Crippen LogP contribution in [-0.4, -0.2) is 28.4 Å². The molecule has 0 radical (unpaired) electrons. The Morgan fingerprint density at radius 1 is 1.14 bits per heavy atom. The maximum Gasteiger partial charge on any atom is 0.307 e. The molecule has 2 aromatic carbocycles. The van der Waals surface area contributed by atoms with E-state index in [0.29, 0.717) is 35.7 Å². The fourth-order valence-electron chi connectivity index (χ4n) is 5.12. The summed E-state index contributed by atoms with van der Waals surface area (Å²) in [5.41, 5.74) is 1.33. The van der Waals surface area contributed by atoms with E-state index in [9.17, 15) is 14.9 Å². The normalized spacial score (nSPS) is 21.1. The van der Waals surface area contributed by atoms with Crippen molar-refractivity contribution in [1.29, 1.82) is 5.26 Å². The molecule has 3 rings (SSSR count). The van der Waals surface area contributed by atoms with E-state index in [1.165, 1.54) is 0 Å². The third-order valence-corrected chi connectivity index (χ3v) is 7.09. The lowest BCUT2D eigenvalue weighted by Crippen LogP contribution is -2.52. The second kappa shape index (κ2) is 12.1. The van der Waals surface area contributed by atoms with Crippen LogP contribution in [0.4, 0.5) is 0 Å². The molecule has 2 aromatic rings. The molecule has 1 saturated heterocycles. The number of carbonyl (C=O) groups excluding carboxylic acids is 2. The number of carbonyl (C=O) groups is 2. The van der Waals surface area contributed by atoms with Gasteiger partial charge in [-0.25, -0.2) is 0 Å². The Morgan fingerprint density at radius 3 is 2.42 bits per heavy atom. The number of rotatable bonds is 8. The van der Waals surface area contributed by atoms with Crippen molar-refractivity contribution in [1.82, 2.24) is 4.90 Å². The van der Waals surface area contributed by atoms with Crippen LogP contribution in [0.1, 0.15) is 82.9 Å². The second-order valence-corrected chi connectivity index (χ2v) is 11.3. The van der Waals surface area contributed by atoms with Crippen molar-refractivity contribution in [3.05, 3.63) is 69.7 Å². The molecule has 0 bridgehead atoms. The molecule has 192 valence electrons. The molecule has 1 fully saturated rings. The number of hydrogen-bond acceptors (Lipinski definition) is 4. The predicted octanol–water partition coefficient (Wildman–Crippen LogP) is 7.48. The van der Waals surface area contributed by atoms with Gasteiger partial charge in [-0.05, 0) is 75.4 Å². The van der Waals surface area contributed by atoms with Gasteiger partial charge in [0.1, 0.15) is 5.60 Å². The van der Waals surface area contributed by atoms with Crippen LogP contribution < -0.4 is 0 Å². The summed E-state index contributed by atoms with van der Waals surface area (Å²) in [7, 11) is 0. The summed E-state index contributed by atoms with van der Waals surface area (Å²) in [6.07, 6.45) is 2.08. The highest BCUT2D eigenvalue weighted by molar-refractivity contribution is 6.30. The molecule has 0 aliphatic carbocycles. The number of esters is 1. The molecule has 1 aliphatic heterocycles. The number of hydrogen-bond donors (Lipinski definition) is 0. The first-order chi connectivity index (χ1) is 17.0. The van der Waals surface area contributed by atoms with Gasteiger partial charge < -0.3 is 9.64 Å². The fraction of sp³-hybridized carbons (Fsp3) is 0.483. The minimum Gasteiger partial charge on any atom is -0.460 e. The first-order valence-corrected chi connectivity index (χ1v) is 13.2. The van der Waals surface area contributed by atoms with Crippen LogP contribution in [0, 0.1) is 17.2 Å². The van der Waals surface area contributed by atoms with Gasteiger partial charge in [0.15, 0.2) is 0 Å². The monoisotopic (exact) mass is 528 g/mol. The van der Waals surface area contributed by atoms with Gasteiger partial charge in [-0.1, -0.05) is 54.4 Å². The van der Waals surface area contributed by atoms with Gasteiger partial charge in [0.2, 0.25) is 5.91 Å². The average molecular weight is 530 g/mol. The third-order valence-electron chi connectivity index (χ3n) is 6.60. The smallest absolute Gasteiger partial charge is 0.307 e. The summed E-state index contributed by atoms with van der Waals surface area (Å²) in [5, 5.41) is 10.5. The summed E-state index contributed by atoms with van der Waals surface area (Å²) < 4.78 is 5.57. The molecule has 0 spiro atoms. The largest absolute Gasteiger partial charge is 0.460 e. The second-order valence-electron chi connectivity index (χ2n) is 10.4. The van der Waals surface area contributed by atoms with E-state index < -0.39 is 11.5 Å². The Balaban J connectivity index is 2.11. The van der Waals surface area contributed by atoms with Crippen molar-refractivity contribution in [2.75, 3.05) is 0 Å². The van der Waals surface area contributed by atoms with Crippen molar-refractivity contribution in [3.8, 4) is 6.07 Å². The van der Waals surface area contributed by atoms with Crippen LogP contribution in [0.5, 0.6) is 0 Å². The lowest BCUT2D eigenvalue weighted by Gasteiger charge is -2.48. The number of amides is 1. The van der Waals surface area contributed by atoms with Gasteiger partial charge in [0.25, 0.3) is 0 Å². The minimum absolute atomic E-state index is 0.00565. The van der Waals surface area contributed by atoms with E-state index in [1.54, 1.807) is 0 Å². The van der Waals surface area contributed by atoms with Crippen molar-refractivity contribution < 1.29 is 14.3 Å². The minimum atomic E-state index is -0.633. The van der Waals surface area contributed by atoms with E-state index in [-0.39, 0.29) is 36.3 Å². The zero-order chi connectivity index (χ0) is 26.5. The number of benzene rings is 2. The highest BCUT2D eigenvalue weighted by Gasteiger charge is 2.46. The maximum absolute atomic E-state index is 14.1. The number of piperidine rings is 1. The Kier molecular flexibility index (Phi) is 9.44. The summed E-state index contributed by atoms with van der Waals surface area (Å²) in [6.45, 7) is 7.49. The Hall–Kier alpha value is -2.55. The van der Waals surface area contributed by atoms with Gasteiger partial charge in [0, 0.05) is 34.3 Å². The highest BCUT2D eigenvalue weighted by Crippen LogP contribution is 2.48. The average Bonchev–Trinajstić information content (AvgIpc) is 2.81. The first-order valence-electron chi connectivity index (χ1n) is 12.5. The zero-order valence-corrected chi connectivity index (χ0v) is 22.9. The van der Waals surface area contributed by atoms with Crippen molar-refractivity contribution in [2.24, 2.45) is 5.92 Å². The predicted molar refractivity (Wildman–Crippen MR) is 143 cm³/mol. The topological polar surface area (TPSA) is 70.4 Å². The molecule has 0 aromatic heterocycles. The molecule has 1 amide bonds. The van der Waals surface area contributed by atoms with Crippen molar-refractivity contribution in [2.45, 2.75) is 83.4 Å². The van der Waals surface area contributed by atoms with Crippen LogP contribution in [0.2, 0.25) is 10.0 Å². The molecular formula is C29H34Cl2N2O3. The number of nitrogens with zero attached hydrogens (tertiary/aromatic N) is 2. The van der Waals surface area contributed by atoms with Gasteiger partial charge in [-0.3, -0.25) is 9.59 Å². The van der Waals surface area contributed by atoms with E-state index in [0.717, 1.165) is 11.1 Å². The van der Waals surface area contributed by atoms with Gasteiger partial charge in [-0.2, -0.15) is 5.26 Å². The Morgan fingerprint density at radius 2 is 1.83 bits per heavy atom. The molecular weight excluding hydrogens is 495 g/mol. The van der Waals surface area contributed by atoms with E-state index in [1.807, 2.05) is 81.1 Å². The fourth-order valence-corrected chi connectivity index (χ4v) is 5.44. The summed E-state index contributed by atoms with van der Waals surface area (Å²) in [6, 6.07) is 17.0. The van der Waals surface area contributed by atoms with E-state index in [2.05, 4.69) is 6.07 Å². The quantitative estimate of drug-likeness (QED) is 0.333. The van der Waals surface area contributed by atoms with Crippen molar-refractivity contribution in [3.63, 3.8) is 0 Å². The molecule has 1 heterocycles. The molecule has 5 nitrogen and oxygen atoms in total. The van der Waals surface area contributed by atoms with E-state index >= 15 is 0 Å². The SMILES string of the molecule is CCC(CCC#N)N1C(=O)[C@@H](CC(=O)OC(C)(C)C)C[C@H](c2cccc(Cl)c2)[C@H]1c1ccc(Cl)cc1. The molecule has 0 saturated carbocycles. The van der Waals surface area contributed by atoms with Gasteiger partial charge >= 0.3 is 5.97 Å². The lowest BCUT2D eigenvalue weighted by molar-refractivity contribution is -0.161. The summed E-state index contributed by atoms with van der Waals surface area (Å²) in [4.78, 5) is 28.8. The Bertz CT molecular complexity index is 1100. The molecule has 1 aliphatic rings.